The van der Waals surface area contributed by atoms with Crippen molar-refractivity contribution in [3.05, 3.63) is 42.1 Å². The molecule has 0 aliphatic rings. The van der Waals surface area contributed by atoms with Gasteiger partial charge in [-0.05, 0) is 18.6 Å². The van der Waals surface area contributed by atoms with E-state index in [4.69, 9.17) is 5.73 Å². The number of carbonyl (C=O) groups excluding carboxylic acids is 1. The Labute approximate surface area is 99.2 Å². The van der Waals surface area contributed by atoms with Gasteiger partial charge in [-0.2, -0.15) is 5.10 Å². The number of anilines is 1. The minimum Gasteiger partial charge on any atom is -0.351 e. The molecule has 3 N–H and O–H groups in total. The fourth-order valence-electron chi connectivity index (χ4n) is 1.58. The zero-order chi connectivity index (χ0) is 12.3. The number of nitrogens with one attached hydrogen (secondary N) is 1. The monoisotopic (exact) mass is 230 g/mol. The Hall–Kier alpha value is -2.30. The molecule has 1 aromatic carbocycles. The summed E-state index contributed by atoms with van der Waals surface area (Å²) in [6.45, 7) is 2.01. The molecule has 0 aliphatic carbocycles. The molecular weight excluding hydrogens is 216 g/mol. The number of para-hydroxylation sites is 1. The lowest BCUT2D eigenvalue weighted by molar-refractivity contribution is 0.259. The summed E-state index contributed by atoms with van der Waals surface area (Å²) in [6, 6.07) is 10.8. The van der Waals surface area contributed by atoms with Gasteiger partial charge in [0.25, 0.3) is 0 Å². The first kappa shape index (κ1) is 11.2. The maximum atomic E-state index is 10.9. The fraction of sp³-hybridized carbons (Fsp3) is 0.167. The molecule has 1 aromatic heterocycles. The van der Waals surface area contributed by atoms with E-state index in [2.05, 4.69) is 10.4 Å². The third-order valence-electron chi connectivity index (χ3n) is 2.37. The highest BCUT2D eigenvalue weighted by molar-refractivity contribution is 5.87. The number of benzene rings is 1. The van der Waals surface area contributed by atoms with Crippen molar-refractivity contribution in [2.45, 2.75) is 13.3 Å². The summed E-state index contributed by atoms with van der Waals surface area (Å²) < 4.78 is 1.67. The normalized spacial score (nSPS) is 10.2. The van der Waals surface area contributed by atoms with Gasteiger partial charge in [-0.25, -0.2) is 9.48 Å². The maximum Gasteiger partial charge on any atom is 0.317 e. The second-order valence-electron chi connectivity index (χ2n) is 3.61. The van der Waals surface area contributed by atoms with Crippen molar-refractivity contribution < 1.29 is 4.79 Å². The van der Waals surface area contributed by atoms with Gasteiger partial charge >= 0.3 is 6.03 Å². The Morgan fingerprint density at radius 2 is 2.12 bits per heavy atom. The number of primary amides is 1. The third-order valence-corrected chi connectivity index (χ3v) is 2.37. The molecule has 0 saturated heterocycles. The molecule has 0 aliphatic heterocycles. The van der Waals surface area contributed by atoms with Gasteiger partial charge in [0.1, 0.15) is 5.82 Å². The summed E-state index contributed by atoms with van der Waals surface area (Å²) in [6.07, 6.45) is 0.799. The van der Waals surface area contributed by atoms with Crippen LogP contribution in [0, 0.1) is 0 Å². The van der Waals surface area contributed by atoms with E-state index < -0.39 is 6.03 Å². The second kappa shape index (κ2) is 4.69. The van der Waals surface area contributed by atoms with Crippen LogP contribution in [0.1, 0.15) is 12.6 Å². The molecule has 0 fully saturated rings. The first-order chi connectivity index (χ1) is 8.20. The van der Waals surface area contributed by atoms with E-state index in [1.54, 1.807) is 4.68 Å². The molecule has 5 nitrogen and oxygen atoms in total. The van der Waals surface area contributed by atoms with Crippen LogP contribution >= 0.6 is 0 Å². The van der Waals surface area contributed by atoms with Crippen LogP contribution in [0.2, 0.25) is 0 Å². The number of urea groups is 1. The standard InChI is InChI=1S/C12H14N4O/c1-2-9-8-11(14-12(13)17)16(15-9)10-6-4-3-5-7-10/h3-8H,2H2,1H3,(H3,13,14,17). The molecule has 0 bridgehead atoms. The smallest absolute Gasteiger partial charge is 0.317 e. The van der Waals surface area contributed by atoms with Crippen molar-refractivity contribution in [1.29, 1.82) is 0 Å². The van der Waals surface area contributed by atoms with Crippen molar-refractivity contribution in [3.8, 4) is 5.69 Å². The van der Waals surface area contributed by atoms with Crippen molar-refractivity contribution in [3.63, 3.8) is 0 Å². The average Bonchev–Trinajstić information content (AvgIpc) is 2.72. The van der Waals surface area contributed by atoms with E-state index in [1.165, 1.54) is 0 Å². The molecule has 0 unspecified atom stereocenters. The molecule has 1 heterocycles. The zero-order valence-electron chi connectivity index (χ0n) is 9.55. The molecule has 0 spiro atoms. The lowest BCUT2D eigenvalue weighted by atomic mass is 10.3. The van der Waals surface area contributed by atoms with Crippen LogP contribution in [-0.4, -0.2) is 15.8 Å². The van der Waals surface area contributed by atoms with Crippen LogP contribution in [0.4, 0.5) is 10.6 Å². The summed E-state index contributed by atoms with van der Waals surface area (Å²) in [7, 11) is 0. The lowest BCUT2D eigenvalue weighted by Crippen LogP contribution is -2.21. The number of rotatable bonds is 3. The van der Waals surface area contributed by atoms with Gasteiger partial charge in [-0.1, -0.05) is 25.1 Å². The number of hydrogen-bond donors (Lipinski definition) is 2. The molecule has 88 valence electrons. The quantitative estimate of drug-likeness (QED) is 0.845. The second-order valence-corrected chi connectivity index (χ2v) is 3.61. The molecule has 2 rings (SSSR count). The highest BCUT2D eigenvalue weighted by Crippen LogP contribution is 2.17. The van der Waals surface area contributed by atoms with E-state index in [1.807, 2.05) is 43.3 Å². The number of hydrogen-bond acceptors (Lipinski definition) is 2. The van der Waals surface area contributed by atoms with Crippen LogP contribution < -0.4 is 11.1 Å². The van der Waals surface area contributed by atoms with E-state index in [0.29, 0.717) is 5.82 Å². The molecule has 0 atom stereocenters. The van der Waals surface area contributed by atoms with Gasteiger partial charge in [-0.15, -0.1) is 0 Å². The van der Waals surface area contributed by atoms with Crippen molar-refractivity contribution in [2.24, 2.45) is 5.73 Å². The summed E-state index contributed by atoms with van der Waals surface area (Å²) in [5.74, 6) is 0.584. The summed E-state index contributed by atoms with van der Waals surface area (Å²) >= 11 is 0. The van der Waals surface area contributed by atoms with Gasteiger partial charge in [-0.3, -0.25) is 5.32 Å². The summed E-state index contributed by atoms with van der Waals surface area (Å²) in [4.78, 5) is 10.9. The SMILES string of the molecule is CCc1cc(NC(N)=O)n(-c2ccccc2)n1. The van der Waals surface area contributed by atoms with E-state index >= 15 is 0 Å². The highest BCUT2D eigenvalue weighted by atomic mass is 16.2. The number of aromatic nitrogens is 2. The molecule has 0 saturated carbocycles. The Morgan fingerprint density at radius 1 is 1.41 bits per heavy atom. The highest BCUT2D eigenvalue weighted by Gasteiger charge is 2.09. The average molecular weight is 230 g/mol. The van der Waals surface area contributed by atoms with E-state index in [0.717, 1.165) is 17.8 Å². The first-order valence-corrected chi connectivity index (χ1v) is 5.41. The number of carbonyl (C=O) groups is 1. The number of nitrogens with two attached hydrogens (primary N) is 1. The molecule has 2 amide bonds. The maximum absolute atomic E-state index is 10.9. The minimum absolute atomic E-state index is 0.584. The zero-order valence-corrected chi connectivity index (χ0v) is 9.55. The Balaban J connectivity index is 2.44. The molecular formula is C12H14N4O. The van der Waals surface area contributed by atoms with Gasteiger partial charge in [0.05, 0.1) is 11.4 Å². The van der Waals surface area contributed by atoms with Gasteiger partial charge < -0.3 is 5.73 Å². The molecule has 17 heavy (non-hydrogen) atoms. The Bertz CT molecular complexity index is 519. The van der Waals surface area contributed by atoms with Gasteiger partial charge in [0.15, 0.2) is 0 Å². The third kappa shape index (κ3) is 2.44. The number of nitrogens with zero attached hydrogens (tertiary/aromatic N) is 2. The largest absolute Gasteiger partial charge is 0.351 e. The molecule has 0 radical (unpaired) electrons. The predicted octanol–water partition coefficient (Wildman–Crippen LogP) is 1.93. The lowest BCUT2D eigenvalue weighted by Gasteiger charge is -2.06. The van der Waals surface area contributed by atoms with E-state index in [9.17, 15) is 4.79 Å². The van der Waals surface area contributed by atoms with Crippen LogP contribution in [0.3, 0.4) is 0 Å². The number of aryl methyl sites for hydroxylation is 1. The van der Waals surface area contributed by atoms with Crippen LogP contribution in [0.25, 0.3) is 5.69 Å². The van der Waals surface area contributed by atoms with Gasteiger partial charge in [0.2, 0.25) is 0 Å². The van der Waals surface area contributed by atoms with Crippen molar-refractivity contribution in [1.82, 2.24) is 9.78 Å². The topological polar surface area (TPSA) is 72.9 Å². The predicted molar refractivity (Wildman–Crippen MR) is 66.1 cm³/mol. The Morgan fingerprint density at radius 3 is 2.71 bits per heavy atom. The van der Waals surface area contributed by atoms with Gasteiger partial charge in [0, 0.05) is 6.07 Å². The summed E-state index contributed by atoms with van der Waals surface area (Å²) in [5.41, 5.74) is 6.92. The Kier molecular flexibility index (Phi) is 3.09. The molecule has 2 aromatic rings. The van der Waals surface area contributed by atoms with E-state index in [-0.39, 0.29) is 0 Å². The van der Waals surface area contributed by atoms with Crippen molar-refractivity contribution >= 4 is 11.8 Å². The molecule has 5 heteroatoms. The van der Waals surface area contributed by atoms with Crippen LogP contribution in [-0.2, 0) is 6.42 Å². The van der Waals surface area contributed by atoms with Crippen LogP contribution in [0.15, 0.2) is 36.4 Å². The van der Waals surface area contributed by atoms with Crippen molar-refractivity contribution in [2.75, 3.05) is 5.32 Å². The number of amides is 2. The van der Waals surface area contributed by atoms with Crippen LogP contribution in [0.5, 0.6) is 0 Å². The first-order valence-electron chi connectivity index (χ1n) is 5.41. The fourth-order valence-corrected chi connectivity index (χ4v) is 1.58. The minimum atomic E-state index is -0.593. The summed E-state index contributed by atoms with van der Waals surface area (Å²) in [5, 5.41) is 6.96.